The van der Waals surface area contributed by atoms with Crippen LogP contribution in [0.2, 0.25) is 0 Å². The average molecular weight is 239 g/mol. The van der Waals surface area contributed by atoms with Gasteiger partial charge in [-0.05, 0) is 43.0 Å². The van der Waals surface area contributed by atoms with Crippen molar-refractivity contribution in [2.45, 2.75) is 39.8 Å². The van der Waals surface area contributed by atoms with Gasteiger partial charge in [0.25, 0.3) is 0 Å². The van der Waals surface area contributed by atoms with Crippen LogP contribution in [-0.2, 0) is 6.54 Å². The second-order valence-electron chi connectivity index (χ2n) is 5.19. The third kappa shape index (κ3) is 4.10. The molecule has 0 radical (unpaired) electrons. The number of hydrogen-bond donors (Lipinski definition) is 2. The summed E-state index contributed by atoms with van der Waals surface area (Å²) in [6.45, 7) is 8.87. The lowest BCUT2D eigenvalue weighted by atomic mass is 9.92. The number of nitrogens with one attached hydrogen (secondary N) is 1. The lowest BCUT2D eigenvalue weighted by Gasteiger charge is -2.28. The molecule has 0 spiro atoms. The maximum Gasteiger partial charge on any atom is 0.123 e. The van der Waals surface area contributed by atoms with Gasteiger partial charge in [0.1, 0.15) is 5.82 Å². The lowest BCUT2D eigenvalue weighted by Crippen LogP contribution is -2.42. The van der Waals surface area contributed by atoms with Crippen LogP contribution in [0.1, 0.15) is 31.9 Å². The minimum absolute atomic E-state index is 0.198. The van der Waals surface area contributed by atoms with Crippen molar-refractivity contribution in [2.75, 3.05) is 6.54 Å². The fraction of sp³-hybridized carbons (Fsp3) is 0.571. The van der Waals surface area contributed by atoms with E-state index in [0.717, 1.165) is 11.1 Å². The first-order valence-electron chi connectivity index (χ1n) is 6.01. The molecule has 1 aromatic rings. The van der Waals surface area contributed by atoms with Gasteiger partial charge in [-0.2, -0.15) is 0 Å². The fourth-order valence-corrected chi connectivity index (χ4v) is 1.51. The van der Waals surface area contributed by atoms with E-state index in [0.29, 0.717) is 13.1 Å². The molecule has 17 heavy (non-hydrogen) atoms. The Labute approximate surface area is 103 Å². The molecule has 1 aromatic carbocycles. The highest BCUT2D eigenvalue weighted by Gasteiger charge is 2.23. The van der Waals surface area contributed by atoms with E-state index in [-0.39, 0.29) is 11.7 Å². The van der Waals surface area contributed by atoms with Gasteiger partial charge in [-0.3, -0.25) is 0 Å². The van der Waals surface area contributed by atoms with Crippen molar-refractivity contribution in [1.82, 2.24) is 5.32 Å². The first-order chi connectivity index (χ1) is 7.83. The molecule has 2 N–H and O–H groups in total. The van der Waals surface area contributed by atoms with Crippen LogP contribution in [0.5, 0.6) is 0 Å². The van der Waals surface area contributed by atoms with Gasteiger partial charge in [0.2, 0.25) is 0 Å². The molecular formula is C14H22FNO. The molecule has 1 unspecified atom stereocenters. The van der Waals surface area contributed by atoms with Gasteiger partial charge in [0, 0.05) is 13.1 Å². The number of benzene rings is 1. The summed E-state index contributed by atoms with van der Waals surface area (Å²) in [7, 11) is 0. The van der Waals surface area contributed by atoms with E-state index < -0.39 is 5.60 Å². The normalized spacial score (nSPS) is 15.0. The molecule has 0 aliphatic rings. The van der Waals surface area contributed by atoms with Crippen LogP contribution in [0.3, 0.4) is 0 Å². The van der Waals surface area contributed by atoms with Gasteiger partial charge >= 0.3 is 0 Å². The Morgan fingerprint density at radius 3 is 2.59 bits per heavy atom. The van der Waals surface area contributed by atoms with E-state index in [2.05, 4.69) is 5.32 Å². The summed E-state index contributed by atoms with van der Waals surface area (Å²) in [5, 5.41) is 13.3. The zero-order valence-electron chi connectivity index (χ0n) is 11.0. The van der Waals surface area contributed by atoms with Crippen molar-refractivity contribution >= 4 is 0 Å². The summed E-state index contributed by atoms with van der Waals surface area (Å²) in [6, 6.07) is 4.77. The summed E-state index contributed by atoms with van der Waals surface area (Å²) in [4.78, 5) is 0. The smallest absolute Gasteiger partial charge is 0.123 e. The molecule has 0 aliphatic carbocycles. The van der Waals surface area contributed by atoms with E-state index in [1.54, 1.807) is 6.07 Å². The number of aliphatic hydroxyl groups is 1. The molecule has 0 heterocycles. The van der Waals surface area contributed by atoms with Crippen LogP contribution in [-0.4, -0.2) is 17.3 Å². The van der Waals surface area contributed by atoms with Crippen LogP contribution in [0.4, 0.5) is 4.39 Å². The van der Waals surface area contributed by atoms with Crippen molar-refractivity contribution in [2.24, 2.45) is 5.92 Å². The van der Waals surface area contributed by atoms with Gasteiger partial charge in [-0.25, -0.2) is 4.39 Å². The summed E-state index contributed by atoms with van der Waals surface area (Å²) >= 11 is 0. The molecule has 0 saturated heterocycles. The van der Waals surface area contributed by atoms with Crippen molar-refractivity contribution in [1.29, 1.82) is 0 Å². The van der Waals surface area contributed by atoms with Crippen molar-refractivity contribution in [3.63, 3.8) is 0 Å². The quantitative estimate of drug-likeness (QED) is 0.828. The molecule has 1 rings (SSSR count). The Hall–Kier alpha value is -0.930. The summed E-state index contributed by atoms with van der Waals surface area (Å²) in [5.41, 5.74) is 1.28. The molecule has 3 heteroatoms. The fourth-order valence-electron chi connectivity index (χ4n) is 1.51. The summed E-state index contributed by atoms with van der Waals surface area (Å²) in [6.07, 6.45) is 0. The van der Waals surface area contributed by atoms with E-state index in [9.17, 15) is 9.50 Å². The maximum atomic E-state index is 12.9. The second kappa shape index (κ2) is 5.61. The minimum Gasteiger partial charge on any atom is -0.389 e. The second-order valence-corrected chi connectivity index (χ2v) is 5.19. The number of halogens is 1. The van der Waals surface area contributed by atoms with Crippen LogP contribution < -0.4 is 5.32 Å². The molecule has 1 atom stereocenters. The number of rotatable bonds is 5. The van der Waals surface area contributed by atoms with Crippen LogP contribution in [0.25, 0.3) is 0 Å². The predicted molar refractivity (Wildman–Crippen MR) is 68.3 cm³/mol. The minimum atomic E-state index is -0.714. The maximum absolute atomic E-state index is 12.9. The third-order valence-electron chi connectivity index (χ3n) is 3.35. The number of hydrogen-bond acceptors (Lipinski definition) is 2. The van der Waals surface area contributed by atoms with Crippen molar-refractivity contribution in [3.8, 4) is 0 Å². The molecular weight excluding hydrogens is 217 g/mol. The highest BCUT2D eigenvalue weighted by atomic mass is 19.1. The Balaban J connectivity index is 2.51. The first-order valence-corrected chi connectivity index (χ1v) is 6.01. The van der Waals surface area contributed by atoms with Crippen LogP contribution in [0.15, 0.2) is 18.2 Å². The van der Waals surface area contributed by atoms with Gasteiger partial charge in [0.15, 0.2) is 0 Å². The standard InChI is InChI=1S/C14H22FNO/c1-10(2)14(4,17)9-16-8-12-5-6-13(15)7-11(12)3/h5-7,10,16-17H,8-9H2,1-4H3. The largest absolute Gasteiger partial charge is 0.389 e. The van der Waals surface area contributed by atoms with Gasteiger partial charge in [0.05, 0.1) is 5.60 Å². The topological polar surface area (TPSA) is 32.3 Å². The Kier molecular flexibility index (Phi) is 4.66. The van der Waals surface area contributed by atoms with Crippen molar-refractivity contribution in [3.05, 3.63) is 35.1 Å². The molecule has 0 fully saturated rings. The lowest BCUT2D eigenvalue weighted by molar-refractivity contribution is 0.0140. The first kappa shape index (κ1) is 14.1. The van der Waals surface area contributed by atoms with Gasteiger partial charge in [-0.1, -0.05) is 19.9 Å². The monoisotopic (exact) mass is 239 g/mol. The highest BCUT2D eigenvalue weighted by molar-refractivity contribution is 5.26. The van der Waals surface area contributed by atoms with Gasteiger partial charge in [-0.15, -0.1) is 0 Å². The molecule has 0 bridgehead atoms. The average Bonchev–Trinajstić information content (AvgIpc) is 2.21. The molecule has 2 nitrogen and oxygen atoms in total. The van der Waals surface area contributed by atoms with Crippen LogP contribution in [0, 0.1) is 18.7 Å². The zero-order chi connectivity index (χ0) is 13.1. The highest BCUT2D eigenvalue weighted by Crippen LogP contribution is 2.15. The molecule has 0 aliphatic heterocycles. The van der Waals surface area contributed by atoms with E-state index in [1.165, 1.54) is 12.1 Å². The molecule has 0 amide bonds. The SMILES string of the molecule is Cc1cc(F)ccc1CNCC(C)(O)C(C)C. The van der Waals surface area contributed by atoms with E-state index in [4.69, 9.17) is 0 Å². The summed E-state index contributed by atoms with van der Waals surface area (Å²) in [5.74, 6) is -0.00950. The number of aryl methyl sites for hydroxylation is 1. The van der Waals surface area contributed by atoms with E-state index >= 15 is 0 Å². The molecule has 96 valence electrons. The van der Waals surface area contributed by atoms with Gasteiger partial charge < -0.3 is 10.4 Å². The predicted octanol–water partition coefficient (Wildman–Crippen LogP) is 2.63. The Morgan fingerprint density at radius 2 is 2.06 bits per heavy atom. The zero-order valence-corrected chi connectivity index (χ0v) is 11.0. The molecule has 0 aromatic heterocycles. The summed E-state index contributed by atoms with van der Waals surface area (Å²) < 4.78 is 12.9. The molecule has 0 saturated carbocycles. The van der Waals surface area contributed by atoms with Crippen molar-refractivity contribution < 1.29 is 9.50 Å². The van der Waals surface area contributed by atoms with E-state index in [1.807, 2.05) is 27.7 Å². The van der Waals surface area contributed by atoms with Crippen LogP contribution >= 0.6 is 0 Å². The Morgan fingerprint density at radius 1 is 1.41 bits per heavy atom. The Bertz CT molecular complexity index is 374. The third-order valence-corrected chi connectivity index (χ3v) is 3.35.